The van der Waals surface area contributed by atoms with Gasteiger partial charge in [0, 0.05) is 34.8 Å². The van der Waals surface area contributed by atoms with Crippen molar-refractivity contribution in [3.8, 4) is 0 Å². The summed E-state index contributed by atoms with van der Waals surface area (Å²) in [6.07, 6.45) is 0.699. The predicted molar refractivity (Wildman–Crippen MR) is 129 cm³/mol. The normalized spacial score (nSPS) is 10.6. The maximum absolute atomic E-state index is 12.6. The summed E-state index contributed by atoms with van der Waals surface area (Å²) in [7, 11) is 0. The summed E-state index contributed by atoms with van der Waals surface area (Å²) in [6, 6.07) is 29.5. The van der Waals surface area contributed by atoms with Crippen LogP contribution in [0.15, 0.2) is 91.0 Å². The first-order valence-corrected chi connectivity index (χ1v) is 10.4. The fourth-order valence-corrected chi connectivity index (χ4v) is 3.53. The van der Waals surface area contributed by atoms with Crippen LogP contribution in [0.1, 0.15) is 34.8 Å². The van der Waals surface area contributed by atoms with Gasteiger partial charge in [0.05, 0.1) is 0 Å². The van der Waals surface area contributed by atoms with Gasteiger partial charge in [0.2, 0.25) is 0 Å². The minimum atomic E-state index is -0.122. The summed E-state index contributed by atoms with van der Waals surface area (Å²) in [6.45, 7) is 2.64. The fraction of sp³-hybridized carbons (Fsp3) is 0.111. The van der Waals surface area contributed by atoms with Crippen molar-refractivity contribution in [2.75, 3.05) is 10.6 Å². The summed E-state index contributed by atoms with van der Waals surface area (Å²) in [4.78, 5) is 12.6. The van der Waals surface area contributed by atoms with Gasteiger partial charge >= 0.3 is 0 Å². The van der Waals surface area contributed by atoms with Crippen molar-refractivity contribution in [2.24, 2.45) is 0 Å². The Labute approximate surface area is 182 Å². The summed E-state index contributed by atoms with van der Waals surface area (Å²) in [5, 5.41) is 16.7. The molecule has 0 aromatic heterocycles. The zero-order valence-corrected chi connectivity index (χ0v) is 17.5. The molecule has 4 aromatic rings. The third-order valence-electron chi connectivity index (χ3n) is 5.31. The van der Waals surface area contributed by atoms with Crippen molar-refractivity contribution in [2.45, 2.75) is 19.9 Å². The van der Waals surface area contributed by atoms with Gasteiger partial charge in [0.1, 0.15) is 0 Å². The molecule has 0 aliphatic rings. The topological polar surface area (TPSA) is 65.0 Å². The number of carbonyl (C=O) groups excluding carboxylic acids is 1. The van der Waals surface area contributed by atoms with Crippen LogP contribution in [-0.2, 0) is 6.54 Å². The molecule has 0 spiro atoms. The fourth-order valence-electron chi connectivity index (χ4n) is 3.53. The minimum Gasteiger partial charge on any atom is -0.380 e. The second-order valence-electron chi connectivity index (χ2n) is 7.44. The number of fused-ring (bicyclic) bond motifs is 1. The van der Waals surface area contributed by atoms with Gasteiger partial charge in [0.25, 0.3) is 5.91 Å². The Morgan fingerprint density at radius 2 is 1.55 bits per heavy atom. The van der Waals surface area contributed by atoms with Crippen molar-refractivity contribution in [1.29, 1.82) is 5.41 Å². The van der Waals surface area contributed by atoms with E-state index in [1.165, 1.54) is 0 Å². The van der Waals surface area contributed by atoms with E-state index in [1.807, 2.05) is 97.9 Å². The lowest BCUT2D eigenvalue weighted by atomic mass is 10.1. The summed E-state index contributed by atoms with van der Waals surface area (Å²) < 4.78 is 0. The number of hydrogen-bond acceptors (Lipinski definition) is 3. The lowest BCUT2D eigenvalue weighted by Crippen LogP contribution is -2.12. The summed E-state index contributed by atoms with van der Waals surface area (Å²) in [5.74, 6) is -0.122. The Morgan fingerprint density at radius 1 is 0.839 bits per heavy atom. The average molecular weight is 408 g/mol. The van der Waals surface area contributed by atoms with E-state index in [1.54, 1.807) is 0 Å². The number of para-hydroxylation sites is 1. The highest BCUT2D eigenvalue weighted by atomic mass is 16.1. The molecule has 0 atom stereocenters. The smallest absolute Gasteiger partial charge is 0.255 e. The molecule has 0 heterocycles. The highest BCUT2D eigenvalue weighted by Crippen LogP contribution is 2.20. The van der Waals surface area contributed by atoms with Crippen LogP contribution in [0.2, 0.25) is 0 Å². The van der Waals surface area contributed by atoms with Crippen LogP contribution in [0, 0.1) is 5.41 Å². The van der Waals surface area contributed by atoms with Gasteiger partial charge < -0.3 is 16.0 Å². The molecular weight excluding hydrogens is 382 g/mol. The predicted octanol–water partition coefficient (Wildman–Crippen LogP) is 6.48. The van der Waals surface area contributed by atoms with Gasteiger partial charge in [-0.2, -0.15) is 0 Å². The Hall–Kier alpha value is -3.92. The molecule has 0 saturated heterocycles. The number of benzene rings is 4. The molecule has 4 rings (SSSR count). The molecule has 0 aliphatic heterocycles. The third kappa shape index (κ3) is 4.81. The molecule has 154 valence electrons. The molecule has 0 unspecified atom stereocenters. The summed E-state index contributed by atoms with van der Waals surface area (Å²) >= 11 is 0. The molecule has 3 N–H and O–H groups in total. The van der Waals surface area contributed by atoms with E-state index in [4.69, 9.17) is 5.41 Å². The Kier molecular flexibility index (Phi) is 6.08. The van der Waals surface area contributed by atoms with Gasteiger partial charge in [-0.25, -0.2) is 0 Å². The van der Waals surface area contributed by atoms with Gasteiger partial charge in [-0.05, 0) is 53.1 Å². The molecule has 0 aliphatic carbocycles. The van der Waals surface area contributed by atoms with Crippen molar-refractivity contribution < 1.29 is 4.79 Å². The van der Waals surface area contributed by atoms with E-state index in [9.17, 15) is 4.79 Å². The minimum absolute atomic E-state index is 0.122. The van der Waals surface area contributed by atoms with Crippen LogP contribution >= 0.6 is 0 Å². The molecule has 0 bridgehead atoms. The molecule has 1 amide bonds. The largest absolute Gasteiger partial charge is 0.380 e. The van der Waals surface area contributed by atoms with Crippen molar-refractivity contribution >= 4 is 33.8 Å². The molecule has 4 heteroatoms. The van der Waals surface area contributed by atoms with Crippen LogP contribution in [0.5, 0.6) is 0 Å². The standard InChI is InChI=1S/C27H25N3O/c1-2-25(28)24-9-5-6-10-26(24)29-18-19-11-15-23(16-12-19)30-27(31)22-14-13-20-7-3-4-8-21(20)17-22/h3-17,28-29H,2,18H2,1H3,(H,30,31). The number of nitrogens with one attached hydrogen (secondary N) is 3. The second-order valence-corrected chi connectivity index (χ2v) is 7.44. The average Bonchev–Trinajstić information content (AvgIpc) is 2.83. The second kappa shape index (κ2) is 9.26. The summed E-state index contributed by atoms with van der Waals surface area (Å²) in [5.41, 5.74) is 5.01. The van der Waals surface area contributed by atoms with Crippen LogP contribution in [0.4, 0.5) is 11.4 Å². The Balaban J connectivity index is 1.40. The van der Waals surface area contributed by atoms with Crippen molar-refractivity contribution in [3.63, 3.8) is 0 Å². The van der Waals surface area contributed by atoms with Gasteiger partial charge in [-0.1, -0.05) is 67.6 Å². The molecule has 0 saturated carbocycles. The molecule has 0 fully saturated rings. The first-order valence-electron chi connectivity index (χ1n) is 10.4. The van der Waals surface area contributed by atoms with Crippen LogP contribution in [-0.4, -0.2) is 11.6 Å². The highest BCUT2D eigenvalue weighted by molar-refractivity contribution is 6.06. The molecule has 0 radical (unpaired) electrons. The Morgan fingerprint density at radius 3 is 2.32 bits per heavy atom. The number of hydrogen-bond donors (Lipinski definition) is 3. The third-order valence-corrected chi connectivity index (χ3v) is 5.31. The number of carbonyl (C=O) groups is 1. The zero-order valence-electron chi connectivity index (χ0n) is 17.5. The maximum atomic E-state index is 12.6. The quantitative estimate of drug-likeness (QED) is 0.307. The van der Waals surface area contributed by atoms with Crippen molar-refractivity contribution in [3.05, 3.63) is 108 Å². The van der Waals surface area contributed by atoms with Gasteiger partial charge in [0.15, 0.2) is 0 Å². The molecular formula is C27H25N3O. The van der Waals surface area contributed by atoms with E-state index >= 15 is 0 Å². The molecule has 4 nitrogen and oxygen atoms in total. The first-order chi connectivity index (χ1) is 15.1. The SMILES string of the molecule is CCC(=N)c1ccccc1NCc1ccc(NC(=O)c2ccc3ccccc3c2)cc1. The monoisotopic (exact) mass is 407 g/mol. The number of anilines is 2. The highest BCUT2D eigenvalue weighted by Gasteiger charge is 2.08. The zero-order chi connectivity index (χ0) is 21.6. The maximum Gasteiger partial charge on any atom is 0.255 e. The lowest BCUT2D eigenvalue weighted by molar-refractivity contribution is 0.102. The van der Waals surface area contributed by atoms with E-state index < -0.39 is 0 Å². The van der Waals surface area contributed by atoms with Crippen LogP contribution in [0.25, 0.3) is 10.8 Å². The number of amides is 1. The lowest BCUT2D eigenvalue weighted by Gasteiger charge is -2.13. The van der Waals surface area contributed by atoms with E-state index in [0.29, 0.717) is 24.2 Å². The van der Waals surface area contributed by atoms with Crippen molar-refractivity contribution in [1.82, 2.24) is 0 Å². The molecule has 31 heavy (non-hydrogen) atoms. The number of rotatable bonds is 7. The van der Waals surface area contributed by atoms with Crippen LogP contribution in [0.3, 0.4) is 0 Å². The molecule has 4 aromatic carbocycles. The van der Waals surface area contributed by atoms with Gasteiger partial charge in [-0.15, -0.1) is 0 Å². The van der Waals surface area contributed by atoms with Gasteiger partial charge in [-0.3, -0.25) is 4.79 Å². The first kappa shape index (κ1) is 20.4. The van der Waals surface area contributed by atoms with E-state index in [-0.39, 0.29) is 5.91 Å². The van der Waals surface area contributed by atoms with E-state index in [0.717, 1.165) is 33.3 Å². The van der Waals surface area contributed by atoms with Crippen LogP contribution < -0.4 is 10.6 Å². The Bertz CT molecular complexity index is 1230. The van der Waals surface area contributed by atoms with E-state index in [2.05, 4.69) is 10.6 Å².